The predicted octanol–water partition coefficient (Wildman–Crippen LogP) is 3.79. The third-order valence-corrected chi connectivity index (χ3v) is 4.66. The molecule has 27 heavy (non-hydrogen) atoms. The molecule has 0 atom stereocenters. The molecule has 1 aliphatic heterocycles. The van der Waals surface area contributed by atoms with Gasteiger partial charge in [-0.25, -0.2) is 4.79 Å². The Morgan fingerprint density at radius 3 is 2.67 bits per heavy atom. The van der Waals surface area contributed by atoms with Gasteiger partial charge >= 0.3 is 5.97 Å². The van der Waals surface area contributed by atoms with Crippen molar-refractivity contribution in [3.8, 4) is 0 Å². The summed E-state index contributed by atoms with van der Waals surface area (Å²) in [5, 5.41) is 4.32. The van der Waals surface area contributed by atoms with Gasteiger partial charge in [-0.15, -0.1) is 0 Å². The highest BCUT2D eigenvalue weighted by atomic mass is 16.5. The molecule has 2 aromatic heterocycles. The largest absolute Gasteiger partial charge is 0.462 e. The normalized spacial score (nSPS) is 13.9. The first kappa shape index (κ1) is 17.3. The Hall–Kier alpha value is -3.09. The van der Waals surface area contributed by atoms with Crippen LogP contribution < -0.4 is 10.2 Å². The molecule has 4 rings (SSSR count). The van der Waals surface area contributed by atoms with Crippen molar-refractivity contribution in [2.75, 3.05) is 29.9 Å². The molecule has 0 bridgehead atoms. The number of aromatic nitrogens is 3. The smallest absolute Gasteiger partial charge is 0.338 e. The summed E-state index contributed by atoms with van der Waals surface area (Å²) in [4.78, 5) is 26.8. The number of anilines is 3. The first-order valence-corrected chi connectivity index (χ1v) is 9.30. The van der Waals surface area contributed by atoms with Crippen molar-refractivity contribution >= 4 is 34.5 Å². The van der Waals surface area contributed by atoms with E-state index in [1.165, 1.54) is 12.8 Å². The van der Waals surface area contributed by atoms with E-state index in [0.29, 0.717) is 12.2 Å². The minimum Gasteiger partial charge on any atom is -0.462 e. The maximum absolute atomic E-state index is 11.8. The molecular weight excluding hydrogens is 342 g/mol. The van der Waals surface area contributed by atoms with E-state index in [1.807, 2.05) is 25.1 Å². The molecule has 0 radical (unpaired) electrons. The number of H-pyrrole nitrogens is 1. The molecule has 0 spiro atoms. The Morgan fingerprint density at radius 2 is 1.96 bits per heavy atom. The van der Waals surface area contributed by atoms with E-state index in [2.05, 4.69) is 15.2 Å². The number of ether oxygens (including phenoxy) is 1. The van der Waals surface area contributed by atoms with E-state index in [0.717, 1.165) is 47.3 Å². The Bertz CT molecular complexity index is 958. The number of fused-ring (bicyclic) bond motifs is 1. The fourth-order valence-electron chi connectivity index (χ4n) is 3.32. The van der Waals surface area contributed by atoms with Gasteiger partial charge in [0.25, 0.3) is 0 Å². The standard InChI is InChI=1S/C20H23N5O2/c1-3-27-19(26)14-6-8-15(9-7-14)22-18-16-12-13(2)21-17(16)23-20(24-18)25-10-4-5-11-25/h6-9,12H,3-5,10-11H2,1-2H3,(H2,21,22,23,24). The summed E-state index contributed by atoms with van der Waals surface area (Å²) in [6.07, 6.45) is 2.34. The fourth-order valence-corrected chi connectivity index (χ4v) is 3.32. The first-order valence-electron chi connectivity index (χ1n) is 9.30. The molecule has 1 aromatic carbocycles. The number of hydrogen-bond donors (Lipinski definition) is 2. The number of hydrogen-bond acceptors (Lipinski definition) is 6. The van der Waals surface area contributed by atoms with Crippen LogP contribution in [-0.4, -0.2) is 40.6 Å². The summed E-state index contributed by atoms with van der Waals surface area (Å²) < 4.78 is 5.03. The fraction of sp³-hybridized carbons (Fsp3) is 0.350. The Morgan fingerprint density at radius 1 is 1.22 bits per heavy atom. The van der Waals surface area contributed by atoms with Crippen LogP contribution in [0, 0.1) is 6.92 Å². The van der Waals surface area contributed by atoms with Gasteiger partial charge < -0.3 is 19.9 Å². The minimum absolute atomic E-state index is 0.314. The van der Waals surface area contributed by atoms with E-state index in [1.54, 1.807) is 19.1 Å². The second-order valence-corrected chi connectivity index (χ2v) is 6.70. The van der Waals surface area contributed by atoms with Crippen LogP contribution in [0.15, 0.2) is 30.3 Å². The van der Waals surface area contributed by atoms with E-state index in [-0.39, 0.29) is 5.97 Å². The zero-order chi connectivity index (χ0) is 18.8. The number of carbonyl (C=O) groups excluding carboxylic acids is 1. The third kappa shape index (κ3) is 3.58. The van der Waals surface area contributed by atoms with Crippen molar-refractivity contribution in [3.63, 3.8) is 0 Å². The van der Waals surface area contributed by atoms with Crippen LogP contribution in [0.3, 0.4) is 0 Å². The molecule has 0 amide bonds. The van der Waals surface area contributed by atoms with Crippen LogP contribution in [-0.2, 0) is 4.74 Å². The summed E-state index contributed by atoms with van der Waals surface area (Å²) in [7, 11) is 0. The van der Waals surface area contributed by atoms with E-state index < -0.39 is 0 Å². The van der Waals surface area contributed by atoms with Crippen molar-refractivity contribution in [3.05, 3.63) is 41.6 Å². The number of nitrogens with one attached hydrogen (secondary N) is 2. The summed E-state index contributed by atoms with van der Waals surface area (Å²) in [5.74, 6) is 1.19. The molecule has 0 aliphatic carbocycles. The molecule has 140 valence electrons. The van der Waals surface area contributed by atoms with Crippen LogP contribution in [0.1, 0.15) is 35.8 Å². The van der Waals surface area contributed by atoms with Gasteiger partial charge in [-0.2, -0.15) is 9.97 Å². The Labute approximate surface area is 157 Å². The molecule has 2 N–H and O–H groups in total. The predicted molar refractivity (Wildman–Crippen MR) is 106 cm³/mol. The van der Waals surface area contributed by atoms with E-state index in [4.69, 9.17) is 14.7 Å². The highest BCUT2D eigenvalue weighted by Crippen LogP contribution is 2.28. The van der Waals surface area contributed by atoms with Crippen molar-refractivity contribution < 1.29 is 9.53 Å². The molecule has 3 aromatic rings. The van der Waals surface area contributed by atoms with E-state index in [9.17, 15) is 4.79 Å². The second-order valence-electron chi connectivity index (χ2n) is 6.70. The summed E-state index contributed by atoms with van der Waals surface area (Å²) in [5.41, 5.74) is 3.26. The van der Waals surface area contributed by atoms with Crippen LogP contribution in [0.25, 0.3) is 11.0 Å². The van der Waals surface area contributed by atoms with Gasteiger partial charge in [0.2, 0.25) is 5.95 Å². The number of esters is 1. The highest BCUT2D eigenvalue weighted by Gasteiger charge is 2.18. The second kappa shape index (κ2) is 7.26. The molecule has 1 fully saturated rings. The average Bonchev–Trinajstić information content (AvgIpc) is 3.31. The lowest BCUT2D eigenvalue weighted by atomic mass is 10.2. The molecule has 3 heterocycles. The maximum Gasteiger partial charge on any atom is 0.338 e. The first-order chi connectivity index (χ1) is 13.1. The number of aromatic amines is 1. The van der Waals surface area contributed by atoms with Crippen LogP contribution in [0.2, 0.25) is 0 Å². The van der Waals surface area contributed by atoms with Crippen molar-refractivity contribution in [2.24, 2.45) is 0 Å². The molecule has 7 heteroatoms. The zero-order valence-electron chi connectivity index (χ0n) is 15.6. The molecular formula is C20H23N5O2. The molecule has 1 aliphatic rings. The van der Waals surface area contributed by atoms with Crippen LogP contribution >= 0.6 is 0 Å². The zero-order valence-corrected chi connectivity index (χ0v) is 15.6. The molecule has 0 unspecified atom stereocenters. The number of aryl methyl sites for hydroxylation is 1. The van der Waals surface area contributed by atoms with Gasteiger partial charge in [-0.1, -0.05) is 0 Å². The monoisotopic (exact) mass is 365 g/mol. The lowest BCUT2D eigenvalue weighted by Crippen LogP contribution is -2.20. The summed E-state index contributed by atoms with van der Waals surface area (Å²) in [6.45, 7) is 6.14. The number of nitrogens with zero attached hydrogens (tertiary/aromatic N) is 3. The third-order valence-electron chi connectivity index (χ3n) is 4.66. The topological polar surface area (TPSA) is 83.1 Å². The van der Waals surface area contributed by atoms with Gasteiger partial charge in [0.1, 0.15) is 11.5 Å². The lowest BCUT2D eigenvalue weighted by Gasteiger charge is -2.16. The van der Waals surface area contributed by atoms with E-state index >= 15 is 0 Å². The number of benzene rings is 1. The van der Waals surface area contributed by atoms with Gasteiger partial charge in [0.05, 0.1) is 17.6 Å². The number of rotatable bonds is 5. The van der Waals surface area contributed by atoms with Crippen molar-refractivity contribution in [1.82, 2.24) is 15.0 Å². The number of carbonyl (C=O) groups is 1. The van der Waals surface area contributed by atoms with Crippen molar-refractivity contribution in [2.45, 2.75) is 26.7 Å². The molecule has 0 saturated carbocycles. The SMILES string of the molecule is CCOC(=O)c1ccc(Nc2nc(N3CCCC3)nc3[nH]c(C)cc23)cc1. The van der Waals surface area contributed by atoms with Gasteiger partial charge in [-0.3, -0.25) is 0 Å². The average molecular weight is 365 g/mol. The van der Waals surface area contributed by atoms with Crippen LogP contribution in [0.4, 0.5) is 17.5 Å². The van der Waals surface area contributed by atoms with Crippen molar-refractivity contribution in [1.29, 1.82) is 0 Å². The van der Waals surface area contributed by atoms with Gasteiger partial charge in [0.15, 0.2) is 0 Å². The quantitative estimate of drug-likeness (QED) is 0.670. The maximum atomic E-state index is 11.8. The van der Waals surface area contributed by atoms with Gasteiger partial charge in [-0.05, 0) is 57.0 Å². The lowest BCUT2D eigenvalue weighted by molar-refractivity contribution is 0.0526. The Kier molecular flexibility index (Phi) is 4.66. The molecule has 7 nitrogen and oxygen atoms in total. The van der Waals surface area contributed by atoms with Crippen LogP contribution in [0.5, 0.6) is 0 Å². The summed E-state index contributed by atoms with van der Waals surface area (Å²) in [6, 6.07) is 9.26. The molecule has 1 saturated heterocycles. The summed E-state index contributed by atoms with van der Waals surface area (Å²) >= 11 is 0. The highest BCUT2D eigenvalue weighted by molar-refractivity contribution is 5.92. The minimum atomic E-state index is -0.314. The Balaban J connectivity index is 1.65. The van der Waals surface area contributed by atoms with Gasteiger partial charge in [0, 0.05) is 24.5 Å².